The Morgan fingerprint density at radius 3 is 2.51 bits per heavy atom. The third kappa shape index (κ3) is 7.54. The molecule has 1 aliphatic heterocycles. The Morgan fingerprint density at radius 2 is 1.93 bits per heavy atom. The van der Waals surface area contributed by atoms with Crippen LogP contribution < -0.4 is 10.6 Å². The predicted octanol–water partition coefficient (Wildman–Crippen LogP) is 5.15. The van der Waals surface area contributed by atoms with Crippen LogP contribution in [0, 0.1) is 5.92 Å². The Labute approximate surface area is 233 Å². The van der Waals surface area contributed by atoms with E-state index in [2.05, 4.69) is 15.4 Å². The molecule has 1 saturated carbocycles. The van der Waals surface area contributed by atoms with Crippen molar-refractivity contribution in [3.63, 3.8) is 0 Å². The molecule has 4 rings (SSSR count). The summed E-state index contributed by atoms with van der Waals surface area (Å²) in [5.41, 5.74) is 0.344. The van der Waals surface area contributed by atoms with E-state index in [1.165, 1.54) is 17.8 Å². The standard InChI is InChI=1S/C26H35F5N6O4/c1-24(2,3)41-23(39)35-21(15-5-8-25(27,28)9-6-15)17-13-37-20(33-17)11-16(12-32-37)18(7-10-40-4)36-14-19(26(29,30)31)34-22(36)38/h11-13,15,18-19,21H,5-10,14H2,1-4H3,(H,34,38)(H,35,39)/t18-,19+,21+/m1/s1. The van der Waals surface area contributed by atoms with Crippen LogP contribution in [0.25, 0.3) is 5.65 Å². The van der Waals surface area contributed by atoms with Crippen molar-refractivity contribution < 1.29 is 41.0 Å². The number of alkyl halides is 5. The van der Waals surface area contributed by atoms with Gasteiger partial charge < -0.3 is 25.0 Å². The number of hydrogen-bond acceptors (Lipinski definition) is 6. The van der Waals surface area contributed by atoms with E-state index >= 15 is 0 Å². The number of nitrogens with one attached hydrogen (secondary N) is 2. The first-order valence-corrected chi connectivity index (χ1v) is 13.4. The second-order valence-electron chi connectivity index (χ2n) is 11.6. The van der Waals surface area contributed by atoms with Gasteiger partial charge in [0, 0.05) is 26.6 Å². The van der Waals surface area contributed by atoms with E-state index in [0.717, 1.165) is 4.90 Å². The summed E-state index contributed by atoms with van der Waals surface area (Å²) in [5, 5.41) is 9.12. The van der Waals surface area contributed by atoms with Crippen molar-refractivity contribution in [3.8, 4) is 0 Å². The second kappa shape index (κ2) is 11.6. The SMILES string of the molecule is COCC[C@H](c1cnn2cc([C@@H](NC(=O)OC(C)(C)C)C3CCC(F)(F)CC3)nc2c1)N1C[C@@H](C(F)(F)F)NC1=O. The molecule has 0 radical (unpaired) electrons. The summed E-state index contributed by atoms with van der Waals surface area (Å²) in [6, 6.07) is -2.78. The van der Waals surface area contributed by atoms with Gasteiger partial charge in [0.2, 0.25) is 5.92 Å². The summed E-state index contributed by atoms with van der Waals surface area (Å²) in [5.74, 6) is -3.11. The molecule has 2 aromatic heterocycles. The van der Waals surface area contributed by atoms with Crippen molar-refractivity contribution in [1.29, 1.82) is 0 Å². The van der Waals surface area contributed by atoms with Crippen LogP contribution in [0.4, 0.5) is 31.5 Å². The van der Waals surface area contributed by atoms with Crippen molar-refractivity contribution in [2.75, 3.05) is 20.3 Å². The molecule has 2 fully saturated rings. The quantitative estimate of drug-likeness (QED) is 0.412. The summed E-state index contributed by atoms with van der Waals surface area (Å²) in [6.45, 7) is 4.71. The van der Waals surface area contributed by atoms with Crippen LogP contribution in [0.15, 0.2) is 18.5 Å². The van der Waals surface area contributed by atoms with Crippen molar-refractivity contribution >= 4 is 17.8 Å². The number of carbonyl (C=O) groups excluding carboxylic acids is 2. The largest absolute Gasteiger partial charge is 0.444 e. The van der Waals surface area contributed by atoms with Crippen LogP contribution >= 0.6 is 0 Å². The van der Waals surface area contributed by atoms with Gasteiger partial charge in [0.05, 0.1) is 36.7 Å². The van der Waals surface area contributed by atoms with Gasteiger partial charge in [-0.2, -0.15) is 18.3 Å². The van der Waals surface area contributed by atoms with E-state index < -0.39 is 54.5 Å². The highest BCUT2D eigenvalue weighted by molar-refractivity contribution is 5.77. The minimum absolute atomic E-state index is 0.156. The van der Waals surface area contributed by atoms with E-state index in [4.69, 9.17) is 9.47 Å². The number of hydrogen-bond donors (Lipinski definition) is 2. The fourth-order valence-corrected chi connectivity index (χ4v) is 5.25. The minimum Gasteiger partial charge on any atom is -0.444 e. The van der Waals surface area contributed by atoms with Gasteiger partial charge in [-0.05, 0) is 57.6 Å². The zero-order valence-corrected chi connectivity index (χ0v) is 23.3. The van der Waals surface area contributed by atoms with Gasteiger partial charge in [0.25, 0.3) is 0 Å². The molecular formula is C26H35F5N6O4. The number of alkyl carbamates (subject to hydrolysis) is 1. The Balaban J connectivity index is 1.64. The monoisotopic (exact) mass is 590 g/mol. The van der Waals surface area contributed by atoms with Gasteiger partial charge in [0.1, 0.15) is 11.6 Å². The van der Waals surface area contributed by atoms with E-state index in [0.29, 0.717) is 16.9 Å². The van der Waals surface area contributed by atoms with Crippen molar-refractivity contribution in [1.82, 2.24) is 30.1 Å². The van der Waals surface area contributed by atoms with Crippen molar-refractivity contribution in [2.24, 2.45) is 5.92 Å². The van der Waals surface area contributed by atoms with Crippen LogP contribution in [0.3, 0.4) is 0 Å². The molecule has 1 aliphatic carbocycles. The number of rotatable bonds is 8. The highest BCUT2D eigenvalue weighted by Crippen LogP contribution is 2.41. The van der Waals surface area contributed by atoms with Gasteiger partial charge in [-0.3, -0.25) is 0 Å². The molecule has 2 N–H and O–H groups in total. The molecule has 228 valence electrons. The Hall–Kier alpha value is -3.23. The number of fused-ring (bicyclic) bond motifs is 1. The molecule has 0 unspecified atom stereocenters. The molecule has 2 aromatic rings. The number of aromatic nitrogens is 3. The molecule has 3 heterocycles. The lowest BCUT2D eigenvalue weighted by Gasteiger charge is -2.33. The lowest BCUT2D eigenvalue weighted by Crippen LogP contribution is -2.40. The molecule has 10 nitrogen and oxygen atoms in total. The molecular weight excluding hydrogens is 555 g/mol. The molecule has 3 amide bonds. The zero-order valence-electron chi connectivity index (χ0n) is 23.3. The van der Waals surface area contributed by atoms with Crippen molar-refractivity contribution in [2.45, 2.75) is 88.7 Å². The molecule has 3 atom stereocenters. The zero-order chi connectivity index (χ0) is 30.2. The van der Waals surface area contributed by atoms with Crippen molar-refractivity contribution in [3.05, 3.63) is 29.7 Å². The topological polar surface area (TPSA) is 110 Å². The van der Waals surface area contributed by atoms with Crippen LogP contribution in [-0.2, 0) is 9.47 Å². The lowest BCUT2D eigenvalue weighted by atomic mass is 9.81. The number of methoxy groups -OCH3 is 1. The molecule has 41 heavy (non-hydrogen) atoms. The molecule has 1 saturated heterocycles. The summed E-state index contributed by atoms with van der Waals surface area (Å²) >= 11 is 0. The van der Waals surface area contributed by atoms with E-state index in [1.54, 1.807) is 33.0 Å². The Morgan fingerprint density at radius 1 is 1.24 bits per heavy atom. The summed E-state index contributed by atoms with van der Waals surface area (Å²) < 4.78 is 79.7. The van der Waals surface area contributed by atoms with Crippen LogP contribution in [0.2, 0.25) is 0 Å². The van der Waals surface area contributed by atoms with Gasteiger partial charge >= 0.3 is 18.3 Å². The maximum atomic E-state index is 13.9. The number of nitrogens with zero attached hydrogens (tertiary/aromatic N) is 4. The van der Waals surface area contributed by atoms with Gasteiger partial charge in [-0.15, -0.1) is 0 Å². The number of urea groups is 1. The van der Waals surface area contributed by atoms with Gasteiger partial charge in [0.15, 0.2) is 5.65 Å². The first kappa shape index (κ1) is 30.7. The highest BCUT2D eigenvalue weighted by atomic mass is 19.4. The molecule has 0 spiro atoms. The third-order valence-electron chi connectivity index (χ3n) is 7.27. The number of carbonyl (C=O) groups is 2. The summed E-state index contributed by atoms with van der Waals surface area (Å²) in [4.78, 5) is 30.9. The highest BCUT2D eigenvalue weighted by Gasteiger charge is 2.48. The van der Waals surface area contributed by atoms with Gasteiger partial charge in [-0.25, -0.2) is 27.9 Å². The number of amides is 3. The Kier molecular flexibility index (Phi) is 8.67. The number of halogens is 5. The molecule has 0 bridgehead atoms. The second-order valence-corrected chi connectivity index (χ2v) is 11.6. The first-order valence-electron chi connectivity index (χ1n) is 13.4. The normalized spacial score (nSPS) is 21.5. The fraction of sp³-hybridized carbons (Fsp3) is 0.692. The third-order valence-corrected chi connectivity index (χ3v) is 7.27. The average molecular weight is 591 g/mol. The fourth-order valence-electron chi connectivity index (χ4n) is 5.25. The molecule has 2 aliphatic rings. The summed E-state index contributed by atoms with van der Waals surface area (Å²) in [6.07, 6.45) is -2.44. The minimum atomic E-state index is -4.60. The van der Waals surface area contributed by atoms with Crippen LogP contribution in [0.5, 0.6) is 0 Å². The molecule has 15 heteroatoms. The first-order chi connectivity index (χ1) is 19.1. The van der Waals surface area contributed by atoms with E-state index in [1.807, 2.05) is 5.32 Å². The summed E-state index contributed by atoms with van der Waals surface area (Å²) in [7, 11) is 1.45. The predicted molar refractivity (Wildman–Crippen MR) is 136 cm³/mol. The molecule has 0 aromatic carbocycles. The average Bonchev–Trinajstić information content (AvgIpc) is 3.45. The van der Waals surface area contributed by atoms with Crippen LogP contribution in [-0.4, -0.2) is 75.6 Å². The smallest absolute Gasteiger partial charge is 0.410 e. The number of imidazole rings is 1. The number of ether oxygens (including phenoxy) is 2. The maximum absolute atomic E-state index is 13.9. The Bertz CT molecular complexity index is 1240. The van der Waals surface area contributed by atoms with Gasteiger partial charge in [-0.1, -0.05) is 0 Å². The maximum Gasteiger partial charge on any atom is 0.410 e. The van der Waals surface area contributed by atoms with E-state index in [-0.39, 0.29) is 44.6 Å². The van der Waals surface area contributed by atoms with Crippen LogP contribution in [0.1, 0.15) is 76.2 Å². The van der Waals surface area contributed by atoms with E-state index in [9.17, 15) is 31.5 Å². The lowest BCUT2D eigenvalue weighted by molar-refractivity contribution is -0.150.